The second kappa shape index (κ2) is 7.09. The number of carbonyl (C=O) groups is 1. The highest BCUT2D eigenvalue weighted by Crippen LogP contribution is 2.21. The molecule has 1 N–H and O–H groups in total. The van der Waals surface area contributed by atoms with Crippen LogP contribution in [0.25, 0.3) is 0 Å². The molecule has 0 aromatic carbocycles. The molecule has 0 aromatic rings. The van der Waals surface area contributed by atoms with Crippen LogP contribution in [0.3, 0.4) is 0 Å². The lowest BCUT2D eigenvalue weighted by molar-refractivity contribution is -0.143. The van der Waals surface area contributed by atoms with Crippen LogP contribution in [-0.4, -0.2) is 71.8 Å². The second-order valence-corrected chi connectivity index (χ2v) is 6.95. The molecule has 0 radical (unpaired) electrons. The van der Waals surface area contributed by atoms with Crippen LogP contribution in [0.4, 0.5) is 18.0 Å². The first-order chi connectivity index (χ1) is 9.85. The van der Waals surface area contributed by atoms with E-state index in [2.05, 4.69) is 5.32 Å². The van der Waals surface area contributed by atoms with E-state index in [4.69, 9.17) is 0 Å². The molecule has 2 rings (SSSR count). The van der Waals surface area contributed by atoms with Crippen LogP contribution in [0.5, 0.6) is 0 Å². The normalized spacial score (nSPS) is 28.5. The van der Waals surface area contributed by atoms with Gasteiger partial charge in [-0.05, 0) is 25.5 Å². The van der Waals surface area contributed by atoms with Crippen LogP contribution >= 0.6 is 11.8 Å². The average molecular weight is 325 g/mol. The number of nitrogens with one attached hydrogen (secondary N) is 1. The lowest BCUT2D eigenvalue weighted by atomic mass is 10.2. The topological polar surface area (TPSA) is 35.6 Å². The molecule has 2 amide bonds. The zero-order valence-corrected chi connectivity index (χ0v) is 13.0. The number of carbonyl (C=O) groups excluding carboxylic acids is 1. The third-order valence-electron chi connectivity index (χ3n) is 3.95. The van der Waals surface area contributed by atoms with E-state index in [-0.39, 0.29) is 24.7 Å². The van der Waals surface area contributed by atoms with Gasteiger partial charge in [-0.2, -0.15) is 24.9 Å². The molecular formula is C13H22F3N3OS. The third kappa shape index (κ3) is 5.25. The van der Waals surface area contributed by atoms with Crippen LogP contribution in [0.1, 0.15) is 19.8 Å². The Labute approximate surface area is 127 Å². The monoisotopic (exact) mass is 325 g/mol. The average Bonchev–Trinajstić information content (AvgIpc) is 2.66. The van der Waals surface area contributed by atoms with Crippen molar-refractivity contribution in [3.63, 3.8) is 0 Å². The summed E-state index contributed by atoms with van der Waals surface area (Å²) in [4.78, 5) is 15.4. The number of nitrogens with zero attached hydrogens (tertiary/aromatic N) is 2. The number of urea groups is 1. The van der Waals surface area contributed by atoms with Gasteiger partial charge in [0.05, 0.1) is 6.54 Å². The third-order valence-corrected chi connectivity index (χ3v) is 4.95. The van der Waals surface area contributed by atoms with Gasteiger partial charge in [0, 0.05) is 37.5 Å². The lowest BCUT2D eigenvalue weighted by Gasteiger charge is -2.28. The quantitative estimate of drug-likeness (QED) is 0.845. The van der Waals surface area contributed by atoms with Crippen LogP contribution in [0, 0.1) is 0 Å². The van der Waals surface area contributed by atoms with Crippen molar-refractivity contribution in [3.8, 4) is 0 Å². The molecule has 2 fully saturated rings. The highest BCUT2D eigenvalue weighted by Gasteiger charge is 2.35. The highest BCUT2D eigenvalue weighted by molar-refractivity contribution is 7.99. The van der Waals surface area contributed by atoms with Gasteiger partial charge in [0.1, 0.15) is 0 Å². The fraction of sp³-hybridized carbons (Fsp3) is 0.923. The van der Waals surface area contributed by atoms with Gasteiger partial charge in [-0.1, -0.05) is 0 Å². The van der Waals surface area contributed by atoms with Crippen LogP contribution in [-0.2, 0) is 0 Å². The highest BCUT2D eigenvalue weighted by atomic mass is 32.2. The molecule has 2 aliphatic rings. The van der Waals surface area contributed by atoms with E-state index in [9.17, 15) is 18.0 Å². The summed E-state index contributed by atoms with van der Waals surface area (Å²) < 4.78 is 37.0. The molecule has 0 aromatic heterocycles. The van der Waals surface area contributed by atoms with Gasteiger partial charge < -0.3 is 10.2 Å². The van der Waals surface area contributed by atoms with Crippen molar-refractivity contribution in [1.82, 2.24) is 15.1 Å². The van der Waals surface area contributed by atoms with E-state index in [0.29, 0.717) is 19.5 Å². The SMILES string of the molecule is C[C@H]1CCSCCN1C(=O)N[C@H]1CCN(CC(F)(F)F)C1. The summed E-state index contributed by atoms with van der Waals surface area (Å²) in [5.74, 6) is 1.97. The Kier molecular flexibility index (Phi) is 5.65. The number of likely N-dealkylation sites (tertiary alicyclic amines) is 1. The summed E-state index contributed by atoms with van der Waals surface area (Å²) in [6, 6.07) is -0.125. The first-order valence-electron chi connectivity index (χ1n) is 7.29. The van der Waals surface area contributed by atoms with Crippen molar-refractivity contribution in [2.24, 2.45) is 0 Å². The number of thioether (sulfide) groups is 1. The molecule has 2 aliphatic heterocycles. The molecule has 21 heavy (non-hydrogen) atoms. The number of rotatable bonds is 2. The zero-order chi connectivity index (χ0) is 15.5. The Morgan fingerprint density at radius 2 is 2.05 bits per heavy atom. The Hall–Kier alpha value is -0.630. The van der Waals surface area contributed by atoms with E-state index >= 15 is 0 Å². The lowest BCUT2D eigenvalue weighted by Crippen LogP contribution is -2.49. The van der Waals surface area contributed by atoms with Gasteiger partial charge in [0.2, 0.25) is 0 Å². The van der Waals surface area contributed by atoms with E-state index in [0.717, 1.165) is 17.9 Å². The van der Waals surface area contributed by atoms with Crippen LogP contribution < -0.4 is 5.32 Å². The maximum absolute atomic E-state index is 12.3. The summed E-state index contributed by atoms with van der Waals surface area (Å²) >= 11 is 1.84. The minimum Gasteiger partial charge on any atom is -0.334 e. The van der Waals surface area contributed by atoms with Gasteiger partial charge in [-0.3, -0.25) is 4.90 Å². The van der Waals surface area contributed by atoms with Crippen molar-refractivity contribution >= 4 is 17.8 Å². The number of hydrogen-bond donors (Lipinski definition) is 1. The molecule has 0 saturated carbocycles. The summed E-state index contributed by atoms with van der Waals surface area (Å²) in [6.45, 7) is 2.50. The Morgan fingerprint density at radius 1 is 1.29 bits per heavy atom. The summed E-state index contributed by atoms with van der Waals surface area (Å²) in [5, 5.41) is 2.89. The van der Waals surface area contributed by atoms with Crippen LogP contribution in [0.2, 0.25) is 0 Å². The second-order valence-electron chi connectivity index (χ2n) is 5.73. The van der Waals surface area contributed by atoms with Crippen LogP contribution in [0.15, 0.2) is 0 Å². The maximum atomic E-state index is 12.3. The largest absolute Gasteiger partial charge is 0.401 e. The molecule has 8 heteroatoms. The van der Waals surface area contributed by atoms with E-state index < -0.39 is 12.7 Å². The van der Waals surface area contributed by atoms with Gasteiger partial charge >= 0.3 is 12.2 Å². The van der Waals surface area contributed by atoms with Crippen molar-refractivity contribution in [2.45, 2.75) is 38.0 Å². The number of halogens is 3. The number of alkyl halides is 3. The minimum atomic E-state index is -4.17. The Balaban J connectivity index is 1.80. The molecule has 2 saturated heterocycles. The molecule has 0 spiro atoms. The standard InChI is InChI=1S/C13H22F3N3OS/c1-10-3-6-21-7-5-19(10)12(20)17-11-2-4-18(8-11)9-13(14,15)16/h10-11H,2-9H2,1H3,(H,17,20)/t10-,11-/m0/s1. The van der Waals surface area contributed by atoms with Gasteiger partial charge in [0.15, 0.2) is 0 Å². The summed E-state index contributed by atoms with van der Waals surface area (Å²) in [6.07, 6.45) is -2.63. The fourth-order valence-electron chi connectivity index (χ4n) is 2.80. The molecular weight excluding hydrogens is 303 g/mol. The van der Waals surface area contributed by atoms with E-state index in [1.807, 2.05) is 23.6 Å². The predicted molar refractivity (Wildman–Crippen MR) is 77.5 cm³/mol. The molecule has 0 unspecified atom stereocenters. The molecule has 2 atom stereocenters. The van der Waals surface area contributed by atoms with Gasteiger partial charge in [-0.15, -0.1) is 0 Å². The van der Waals surface area contributed by atoms with Crippen molar-refractivity contribution in [1.29, 1.82) is 0 Å². The molecule has 0 aliphatic carbocycles. The Morgan fingerprint density at radius 3 is 2.76 bits per heavy atom. The number of hydrogen-bond acceptors (Lipinski definition) is 3. The first kappa shape index (κ1) is 16.7. The zero-order valence-electron chi connectivity index (χ0n) is 12.2. The van der Waals surface area contributed by atoms with Gasteiger partial charge in [-0.25, -0.2) is 4.79 Å². The van der Waals surface area contributed by atoms with Crippen molar-refractivity contribution < 1.29 is 18.0 Å². The van der Waals surface area contributed by atoms with Gasteiger partial charge in [0.25, 0.3) is 0 Å². The minimum absolute atomic E-state index is 0.135. The smallest absolute Gasteiger partial charge is 0.334 e. The molecule has 122 valence electrons. The summed E-state index contributed by atoms with van der Waals surface area (Å²) in [7, 11) is 0. The first-order valence-corrected chi connectivity index (χ1v) is 8.44. The number of amides is 2. The van der Waals surface area contributed by atoms with Crippen molar-refractivity contribution in [2.75, 3.05) is 37.7 Å². The fourth-order valence-corrected chi connectivity index (χ4v) is 3.84. The Bertz CT molecular complexity index is 367. The van der Waals surface area contributed by atoms with E-state index in [1.165, 1.54) is 4.90 Å². The van der Waals surface area contributed by atoms with Crippen molar-refractivity contribution in [3.05, 3.63) is 0 Å². The predicted octanol–water partition coefficient (Wildman–Crippen LogP) is 2.16. The summed E-state index contributed by atoms with van der Waals surface area (Å²) in [5.41, 5.74) is 0. The molecule has 2 heterocycles. The van der Waals surface area contributed by atoms with E-state index in [1.54, 1.807) is 0 Å². The maximum Gasteiger partial charge on any atom is 0.401 e. The molecule has 4 nitrogen and oxygen atoms in total. The molecule has 0 bridgehead atoms.